The van der Waals surface area contributed by atoms with Crippen LogP contribution in [0.5, 0.6) is 0 Å². The number of hydrogen-bond acceptors (Lipinski definition) is 4. The fourth-order valence-electron chi connectivity index (χ4n) is 2.37. The standard InChI is InChI=1S/C17H29F3N4O2.HI/c1-4-13(5-2)15-10-14(26-24-15)11-23-16(21-6-3)22-8-7-9-25-12-17(18,19)20;/h10,13H,4-9,11-12H2,1-3H3,(H2,21,22,23);1H. The lowest BCUT2D eigenvalue weighted by Crippen LogP contribution is -2.38. The summed E-state index contributed by atoms with van der Waals surface area (Å²) in [4.78, 5) is 4.40. The molecule has 0 spiro atoms. The molecule has 0 unspecified atom stereocenters. The van der Waals surface area contributed by atoms with Gasteiger partial charge in [-0.05, 0) is 26.2 Å². The fourth-order valence-corrected chi connectivity index (χ4v) is 2.37. The molecule has 1 heterocycles. The number of alkyl halides is 3. The number of ether oxygens (including phenoxy) is 1. The van der Waals surface area contributed by atoms with Crippen molar-refractivity contribution in [2.75, 3.05) is 26.3 Å². The molecule has 6 nitrogen and oxygen atoms in total. The summed E-state index contributed by atoms with van der Waals surface area (Å²) in [5, 5.41) is 10.2. The molecule has 0 aliphatic heterocycles. The summed E-state index contributed by atoms with van der Waals surface area (Å²) in [6.45, 7) is 6.46. The number of rotatable bonds is 11. The maximum absolute atomic E-state index is 12.0. The highest BCUT2D eigenvalue weighted by molar-refractivity contribution is 14.0. The van der Waals surface area contributed by atoms with Crippen LogP contribution in [0.15, 0.2) is 15.6 Å². The number of halogens is 4. The van der Waals surface area contributed by atoms with Gasteiger partial charge in [-0.3, -0.25) is 0 Å². The highest BCUT2D eigenvalue weighted by Crippen LogP contribution is 2.22. The average Bonchev–Trinajstić information content (AvgIpc) is 3.04. The molecule has 2 N–H and O–H groups in total. The third-order valence-corrected chi connectivity index (χ3v) is 3.74. The highest BCUT2D eigenvalue weighted by atomic mass is 127. The van der Waals surface area contributed by atoms with Gasteiger partial charge in [-0.1, -0.05) is 19.0 Å². The van der Waals surface area contributed by atoms with Gasteiger partial charge in [-0.15, -0.1) is 24.0 Å². The first kappa shape index (κ1) is 26.0. The van der Waals surface area contributed by atoms with Gasteiger partial charge in [0.25, 0.3) is 0 Å². The van der Waals surface area contributed by atoms with Crippen LogP contribution in [0.2, 0.25) is 0 Å². The first-order chi connectivity index (χ1) is 12.4. The van der Waals surface area contributed by atoms with Gasteiger partial charge < -0.3 is 19.9 Å². The predicted molar refractivity (Wildman–Crippen MR) is 110 cm³/mol. The number of hydrogen-bond donors (Lipinski definition) is 2. The van der Waals surface area contributed by atoms with Crippen molar-refractivity contribution in [3.63, 3.8) is 0 Å². The molecule has 0 saturated heterocycles. The number of nitrogens with one attached hydrogen (secondary N) is 2. The number of guanidine groups is 1. The van der Waals surface area contributed by atoms with E-state index < -0.39 is 12.8 Å². The van der Waals surface area contributed by atoms with E-state index in [9.17, 15) is 13.2 Å². The highest BCUT2D eigenvalue weighted by Gasteiger charge is 2.27. The van der Waals surface area contributed by atoms with Crippen molar-refractivity contribution in [1.82, 2.24) is 15.8 Å². The van der Waals surface area contributed by atoms with E-state index in [0.717, 1.165) is 18.5 Å². The van der Waals surface area contributed by atoms with Gasteiger partial charge in [0.15, 0.2) is 11.7 Å². The average molecular weight is 506 g/mol. The third-order valence-electron chi connectivity index (χ3n) is 3.74. The molecule has 10 heteroatoms. The largest absolute Gasteiger partial charge is 0.411 e. The minimum absolute atomic E-state index is 0. The van der Waals surface area contributed by atoms with E-state index in [1.807, 2.05) is 13.0 Å². The molecular weight excluding hydrogens is 476 g/mol. The van der Waals surface area contributed by atoms with Crippen LogP contribution in [-0.2, 0) is 11.3 Å². The SMILES string of the molecule is CCNC(=NCc1cc(C(CC)CC)no1)NCCCOCC(F)(F)F.I. The molecule has 1 aromatic rings. The van der Waals surface area contributed by atoms with Crippen molar-refractivity contribution < 1.29 is 22.4 Å². The minimum atomic E-state index is -4.28. The Hall–Kier alpha value is -1.04. The summed E-state index contributed by atoms with van der Waals surface area (Å²) in [6.07, 6.45) is -1.82. The Morgan fingerprint density at radius 3 is 2.56 bits per heavy atom. The quantitative estimate of drug-likeness (QED) is 0.204. The zero-order valence-electron chi connectivity index (χ0n) is 16.1. The second-order valence-electron chi connectivity index (χ2n) is 5.87. The summed E-state index contributed by atoms with van der Waals surface area (Å²) >= 11 is 0. The summed E-state index contributed by atoms with van der Waals surface area (Å²) in [6, 6.07) is 1.93. The lowest BCUT2D eigenvalue weighted by molar-refractivity contribution is -0.173. The molecule has 0 bridgehead atoms. The summed E-state index contributed by atoms with van der Waals surface area (Å²) in [7, 11) is 0. The monoisotopic (exact) mass is 506 g/mol. The smallest absolute Gasteiger partial charge is 0.372 e. The van der Waals surface area contributed by atoms with Gasteiger partial charge >= 0.3 is 6.18 Å². The van der Waals surface area contributed by atoms with Gasteiger partial charge in [0, 0.05) is 31.7 Å². The van der Waals surface area contributed by atoms with E-state index in [-0.39, 0.29) is 30.6 Å². The van der Waals surface area contributed by atoms with Crippen LogP contribution in [0.3, 0.4) is 0 Å². The van der Waals surface area contributed by atoms with Crippen molar-refractivity contribution in [2.45, 2.75) is 58.7 Å². The maximum atomic E-state index is 12.0. The fraction of sp³-hybridized carbons (Fsp3) is 0.765. The van der Waals surface area contributed by atoms with Crippen molar-refractivity contribution in [3.8, 4) is 0 Å². The maximum Gasteiger partial charge on any atom is 0.411 e. The normalized spacial score (nSPS) is 12.2. The van der Waals surface area contributed by atoms with Gasteiger partial charge in [-0.25, -0.2) is 4.99 Å². The second kappa shape index (κ2) is 14.0. The molecule has 0 aromatic carbocycles. The Morgan fingerprint density at radius 1 is 1.26 bits per heavy atom. The van der Waals surface area contributed by atoms with Crippen LogP contribution < -0.4 is 10.6 Å². The van der Waals surface area contributed by atoms with E-state index in [1.165, 1.54) is 0 Å². The van der Waals surface area contributed by atoms with Crippen LogP contribution in [0.4, 0.5) is 13.2 Å². The molecule has 0 radical (unpaired) electrons. The van der Waals surface area contributed by atoms with E-state index in [1.54, 1.807) is 0 Å². The number of aliphatic imine (C=N–C) groups is 1. The summed E-state index contributed by atoms with van der Waals surface area (Å²) in [5.74, 6) is 1.64. The van der Waals surface area contributed by atoms with E-state index in [4.69, 9.17) is 4.52 Å². The molecule has 0 atom stereocenters. The number of nitrogens with zero attached hydrogens (tertiary/aromatic N) is 2. The van der Waals surface area contributed by atoms with E-state index in [2.05, 4.69) is 39.4 Å². The van der Waals surface area contributed by atoms with Gasteiger partial charge in [0.2, 0.25) is 0 Å². The van der Waals surface area contributed by atoms with Gasteiger partial charge in [0.05, 0.1) is 5.69 Å². The molecule has 158 valence electrons. The van der Waals surface area contributed by atoms with Gasteiger partial charge in [-0.2, -0.15) is 13.2 Å². The van der Waals surface area contributed by atoms with Crippen LogP contribution in [0.1, 0.15) is 57.4 Å². The van der Waals surface area contributed by atoms with Crippen molar-refractivity contribution in [2.24, 2.45) is 4.99 Å². The van der Waals surface area contributed by atoms with Crippen LogP contribution in [0.25, 0.3) is 0 Å². The third kappa shape index (κ3) is 11.4. The zero-order valence-corrected chi connectivity index (χ0v) is 18.4. The van der Waals surface area contributed by atoms with E-state index >= 15 is 0 Å². The molecule has 0 fully saturated rings. The van der Waals surface area contributed by atoms with Crippen molar-refractivity contribution >= 4 is 29.9 Å². The Morgan fingerprint density at radius 2 is 1.96 bits per heavy atom. The lowest BCUT2D eigenvalue weighted by Gasteiger charge is -2.11. The molecular formula is C17H30F3IN4O2. The van der Waals surface area contributed by atoms with Crippen LogP contribution >= 0.6 is 24.0 Å². The molecule has 27 heavy (non-hydrogen) atoms. The molecule has 0 amide bonds. The zero-order chi connectivity index (χ0) is 19.4. The van der Waals surface area contributed by atoms with Crippen molar-refractivity contribution in [1.29, 1.82) is 0 Å². The molecule has 1 aromatic heterocycles. The molecule has 0 aliphatic rings. The molecule has 1 rings (SSSR count). The first-order valence-electron chi connectivity index (χ1n) is 9.01. The number of aromatic nitrogens is 1. The molecule has 0 aliphatic carbocycles. The Bertz CT molecular complexity index is 534. The lowest BCUT2D eigenvalue weighted by atomic mass is 9.99. The minimum Gasteiger partial charge on any atom is -0.372 e. The Kier molecular flexibility index (Phi) is 13.5. The predicted octanol–water partition coefficient (Wildman–Crippen LogP) is 4.22. The topological polar surface area (TPSA) is 71.7 Å². The Labute approximate surface area is 175 Å². The van der Waals surface area contributed by atoms with Crippen LogP contribution in [0, 0.1) is 0 Å². The second-order valence-corrected chi connectivity index (χ2v) is 5.87. The van der Waals surface area contributed by atoms with E-state index in [0.29, 0.717) is 43.7 Å². The molecule has 0 saturated carbocycles. The van der Waals surface area contributed by atoms with Crippen LogP contribution in [-0.4, -0.2) is 43.6 Å². The Balaban J connectivity index is 0.00000676. The van der Waals surface area contributed by atoms with Gasteiger partial charge in [0.1, 0.15) is 13.2 Å². The van der Waals surface area contributed by atoms with Crippen molar-refractivity contribution in [3.05, 3.63) is 17.5 Å². The summed E-state index contributed by atoms with van der Waals surface area (Å²) in [5.41, 5.74) is 0.944. The summed E-state index contributed by atoms with van der Waals surface area (Å²) < 4.78 is 45.8. The first-order valence-corrected chi connectivity index (χ1v) is 9.01.